The lowest BCUT2D eigenvalue weighted by atomic mass is 10.0. The van der Waals surface area contributed by atoms with Gasteiger partial charge in [-0.25, -0.2) is 4.79 Å². The maximum absolute atomic E-state index is 12.8. The van der Waals surface area contributed by atoms with E-state index < -0.39 is 48.4 Å². The van der Waals surface area contributed by atoms with Crippen LogP contribution in [0.4, 0.5) is 10.5 Å². The Kier molecular flexibility index (Phi) is 12.3. The number of aliphatic hydroxyl groups excluding tert-OH is 1. The maximum atomic E-state index is 12.8. The lowest BCUT2D eigenvalue weighted by molar-refractivity contribution is -0.132. The highest BCUT2D eigenvalue weighted by atomic mass is 16.5. The summed E-state index contributed by atoms with van der Waals surface area (Å²) in [5, 5.41) is 21.8. The minimum absolute atomic E-state index is 0.113. The van der Waals surface area contributed by atoms with E-state index in [0.717, 1.165) is 25.7 Å². The molecule has 2 aliphatic carbocycles. The highest BCUT2D eigenvalue weighted by Gasteiger charge is 2.49. The number of benzene rings is 1. The number of carbonyl (C=O) groups excluding carboxylic acids is 5. The van der Waals surface area contributed by atoms with E-state index in [4.69, 9.17) is 9.84 Å². The van der Waals surface area contributed by atoms with Gasteiger partial charge in [0.2, 0.25) is 23.6 Å². The van der Waals surface area contributed by atoms with Gasteiger partial charge in [0.15, 0.2) is 0 Å². The van der Waals surface area contributed by atoms with Crippen molar-refractivity contribution in [2.75, 3.05) is 25.0 Å². The molecule has 1 saturated carbocycles. The fourth-order valence-corrected chi connectivity index (χ4v) is 5.13. The monoisotopic (exact) mass is 585 g/mol. The Morgan fingerprint density at radius 3 is 2.07 bits per heavy atom. The molecule has 42 heavy (non-hydrogen) atoms. The number of fused-ring (bicyclic) bond motifs is 1. The molecule has 0 aliphatic heterocycles. The number of carbonyl (C=O) groups is 5. The molecular formula is C30H43N5O7. The van der Waals surface area contributed by atoms with Crippen molar-refractivity contribution in [3.05, 3.63) is 42.0 Å². The summed E-state index contributed by atoms with van der Waals surface area (Å²) in [6.07, 6.45) is 8.06. The van der Waals surface area contributed by atoms with Crippen molar-refractivity contribution in [1.29, 1.82) is 0 Å². The molecule has 1 aromatic carbocycles. The molecule has 6 N–H and O–H groups in total. The van der Waals surface area contributed by atoms with Crippen LogP contribution in [0.3, 0.4) is 0 Å². The van der Waals surface area contributed by atoms with Crippen LogP contribution < -0.4 is 26.6 Å². The fraction of sp³-hybridized carbons (Fsp3) is 0.567. The summed E-state index contributed by atoms with van der Waals surface area (Å²) in [5.74, 6) is -0.918. The predicted molar refractivity (Wildman–Crippen MR) is 156 cm³/mol. The molecule has 2 aliphatic rings. The van der Waals surface area contributed by atoms with E-state index in [-0.39, 0.29) is 19.1 Å². The van der Waals surface area contributed by atoms with Gasteiger partial charge in [-0.2, -0.15) is 0 Å². The standard InChI is InChI=1S/C30H43N5O7/c1-18(2)27(29(40)33-19(3)28(39)34-21-12-10-20(16-36)11-13-21)35-26(38)15-31-25(37)14-32-30(41)42-17-24-22-8-6-4-5-7-9-23(22)24/h4-5,10-13,18-19,22-24,27,36H,6-9,14-17H2,1-3H3,(H,31,37)(H,32,41)(H,33,40)(H,34,39)(H,35,38)/t19?,22?,23?,24?,27-/m0/s1. The summed E-state index contributed by atoms with van der Waals surface area (Å²) >= 11 is 0. The molecule has 0 heterocycles. The summed E-state index contributed by atoms with van der Waals surface area (Å²) in [6.45, 7) is 4.47. The smallest absolute Gasteiger partial charge is 0.407 e. The number of aliphatic hydroxyl groups is 1. The summed E-state index contributed by atoms with van der Waals surface area (Å²) in [5.41, 5.74) is 1.21. The zero-order chi connectivity index (χ0) is 30.6. The molecule has 230 valence electrons. The summed E-state index contributed by atoms with van der Waals surface area (Å²) in [6, 6.07) is 4.78. The zero-order valence-electron chi connectivity index (χ0n) is 24.5. The summed E-state index contributed by atoms with van der Waals surface area (Å²) in [7, 11) is 0. The molecule has 12 nitrogen and oxygen atoms in total. The van der Waals surface area contributed by atoms with Gasteiger partial charge >= 0.3 is 6.09 Å². The van der Waals surface area contributed by atoms with E-state index in [9.17, 15) is 24.0 Å². The second-order valence-corrected chi connectivity index (χ2v) is 11.2. The maximum Gasteiger partial charge on any atom is 0.407 e. The first kappa shape index (κ1) is 32.6. The first-order valence-electron chi connectivity index (χ1n) is 14.5. The lowest BCUT2D eigenvalue weighted by Gasteiger charge is -2.24. The molecule has 0 aromatic heterocycles. The molecule has 0 bridgehead atoms. The Morgan fingerprint density at radius 1 is 0.857 bits per heavy atom. The summed E-state index contributed by atoms with van der Waals surface area (Å²) in [4.78, 5) is 62.0. The van der Waals surface area contributed by atoms with Crippen LogP contribution in [-0.4, -0.2) is 66.6 Å². The van der Waals surface area contributed by atoms with E-state index in [1.807, 2.05) is 0 Å². The Morgan fingerprint density at radius 2 is 1.48 bits per heavy atom. The Bertz CT molecular complexity index is 1120. The number of ether oxygens (including phenoxy) is 1. The van der Waals surface area contributed by atoms with Gasteiger partial charge in [0.05, 0.1) is 19.8 Å². The van der Waals surface area contributed by atoms with E-state index in [2.05, 4.69) is 38.7 Å². The van der Waals surface area contributed by atoms with E-state index in [0.29, 0.717) is 35.6 Å². The number of rotatable bonds is 13. The largest absolute Gasteiger partial charge is 0.449 e. The molecule has 3 unspecified atom stereocenters. The number of nitrogens with one attached hydrogen (secondary N) is 5. The third kappa shape index (κ3) is 10.2. The molecular weight excluding hydrogens is 542 g/mol. The first-order chi connectivity index (χ1) is 20.1. The van der Waals surface area contributed by atoms with Crippen LogP contribution in [0, 0.1) is 23.7 Å². The predicted octanol–water partition coefficient (Wildman–Crippen LogP) is 1.60. The molecule has 3 rings (SSSR count). The SMILES string of the molecule is CC(NC(=O)[C@@H](NC(=O)CNC(=O)CNC(=O)OCC1C2CCC=CCCC21)C(C)C)C(=O)Nc1ccc(CO)cc1. The molecule has 0 saturated heterocycles. The number of amides is 5. The number of allylic oxidation sites excluding steroid dienone is 2. The topological polar surface area (TPSA) is 175 Å². The number of hydrogen-bond donors (Lipinski definition) is 6. The van der Waals surface area contributed by atoms with Crippen molar-refractivity contribution < 1.29 is 33.8 Å². The number of alkyl carbamates (subject to hydrolysis) is 1. The van der Waals surface area contributed by atoms with Crippen molar-refractivity contribution in [3.63, 3.8) is 0 Å². The fourth-order valence-electron chi connectivity index (χ4n) is 5.13. The molecule has 1 aromatic rings. The molecule has 0 radical (unpaired) electrons. The van der Waals surface area contributed by atoms with Crippen LogP contribution in [-0.2, 0) is 30.5 Å². The average molecular weight is 586 g/mol. The van der Waals surface area contributed by atoms with Crippen molar-refractivity contribution in [1.82, 2.24) is 21.3 Å². The Hall–Kier alpha value is -3.93. The van der Waals surface area contributed by atoms with Gasteiger partial charge in [0.25, 0.3) is 0 Å². The normalized spacial score (nSPS) is 20.5. The third-order valence-electron chi connectivity index (χ3n) is 7.68. The van der Waals surface area contributed by atoms with Crippen molar-refractivity contribution in [2.45, 2.75) is 65.1 Å². The lowest BCUT2D eigenvalue weighted by Crippen LogP contribution is -2.55. The highest BCUT2D eigenvalue weighted by molar-refractivity contribution is 5.98. The molecule has 12 heteroatoms. The zero-order valence-corrected chi connectivity index (χ0v) is 24.5. The Labute approximate surface area is 246 Å². The van der Waals surface area contributed by atoms with Gasteiger partial charge in [-0.05, 0) is 74.0 Å². The minimum atomic E-state index is -0.947. The third-order valence-corrected chi connectivity index (χ3v) is 7.68. The van der Waals surface area contributed by atoms with Crippen LogP contribution in [0.5, 0.6) is 0 Å². The van der Waals surface area contributed by atoms with Crippen LogP contribution in [0.15, 0.2) is 36.4 Å². The second kappa shape index (κ2) is 15.9. The van der Waals surface area contributed by atoms with Gasteiger partial charge in [-0.3, -0.25) is 19.2 Å². The van der Waals surface area contributed by atoms with E-state index in [1.54, 1.807) is 38.1 Å². The second-order valence-electron chi connectivity index (χ2n) is 11.2. The molecule has 0 spiro atoms. The average Bonchev–Trinajstić information content (AvgIpc) is 3.60. The first-order valence-corrected chi connectivity index (χ1v) is 14.5. The van der Waals surface area contributed by atoms with Crippen molar-refractivity contribution in [3.8, 4) is 0 Å². The molecule has 1 fully saturated rings. The van der Waals surface area contributed by atoms with Crippen LogP contribution in [0.2, 0.25) is 0 Å². The van der Waals surface area contributed by atoms with Crippen LogP contribution in [0.25, 0.3) is 0 Å². The quantitative estimate of drug-likeness (QED) is 0.191. The van der Waals surface area contributed by atoms with E-state index in [1.165, 1.54) is 6.92 Å². The van der Waals surface area contributed by atoms with Crippen molar-refractivity contribution >= 4 is 35.4 Å². The van der Waals surface area contributed by atoms with Gasteiger partial charge < -0.3 is 36.4 Å². The minimum Gasteiger partial charge on any atom is -0.449 e. The highest BCUT2D eigenvalue weighted by Crippen LogP contribution is 2.52. The van der Waals surface area contributed by atoms with E-state index >= 15 is 0 Å². The van der Waals surface area contributed by atoms with Crippen LogP contribution in [0.1, 0.15) is 52.0 Å². The number of anilines is 1. The van der Waals surface area contributed by atoms with Gasteiger partial charge in [-0.15, -0.1) is 0 Å². The van der Waals surface area contributed by atoms with Gasteiger partial charge in [0, 0.05) is 5.69 Å². The van der Waals surface area contributed by atoms with Gasteiger partial charge in [0.1, 0.15) is 18.6 Å². The van der Waals surface area contributed by atoms with Crippen LogP contribution >= 0.6 is 0 Å². The van der Waals surface area contributed by atoms with Crippen molar-refractivity contribution in [2.24, 2.45) is 23.7 Å². The molecule has 4 atom stereocenters. The summed E-state index contributed by atoms with van der Waals surface area (Å²) < 4.78 is 5.30. The Balaban J connectivity index is 1.33. The molecule has 5 amide bonds. The number of hydrogen-bond acceptors (Lipinski definition) is 7. The van der Waals surface area contributed by atoms with Gasteiger partial charge in [-0.1, -0.05) is 38.1 Å².